The van der Waals surface area contributed by atoms with Crippen LogP contribution in [0.1, 0.15) is 21.5 Å². The van der Waals surface area contributed by atoms with Crippen LogP contribution >= 0.6 is 0 Å². The van der Waals surface area contributed by atoms with Crippen LogP contribution in [0.2, 0.25) is 0 Å². The number of halogens is 3. The van der Waals surface area contributed by atoms with Gasteiger partial charge in [-0.25, -0.2) is 0 Å². The van der Waals surface area contributed by atoms with Crippen LogP contribution in [0.5, 0.6) is 0 Å². The Morgan fingerprint density at radius 2 is 1.84 bits per heavy atom. The maximum Gasteiger partial charge on any atom is 0.416 e. The molecule has 6 heteroatoms. The monoisotopic (exact) mass is 342 g/mol. The second kappa shape index (κ2) is 5.58. The molecular weight excluding hydrogens is 329 g/mol. The Bertz CT molecular complexity index is 977. The molecule has 0 bridgehead atoms. The average molecular weight is 342 g/mol. The van der Waals surface area contributed by atoms with E-state index in [1.54, 1.807) is 12.4 Å². The number of carbonyl (C=O) groups is 1. The van der Waals surface area contributed by atoms with Gasteiger partial charge in [0.2, 0.25) is 0 Å². The Hall–Kier alpha value is -2.89. The highest BCUT2D eigenvalue weighted by Gasteiger charge is 2.34. The van der Waals surface area contributed by atoms with Gasteiger partial charge >= 0.3 is 6.18 Å². The molecule has 1 aliphatic rings. The Kier molecular flexibility index (Phi) is 3.49. The van der Waals surface area contributed by atoms with E-state index in [0.29, 0.717) is 24.2 Å². The van der Waals surface area contributed by atoms with Crippen LogP contribution in [0.25, 0.3) is 10.8 Å². The third kappa shape index (κ3) is 2.63. The maximum absolute atomic E-state index is 13.0. The van der Waals surface area contributed by atoms with E-state index in [-0.39, 0.29) is 5.56 Å². The largest absolute Gasteiger partial charge is 0.416 e. The molecule has 3 nitrogen and oxygen atoms in total. The van der Waals surface area contributed by atoms with Gasteiger partial charge in [-0.3, -0.25) is 9.78 Å². The molecule has 0 radical (unpaired) electrons. The SMILES string of the molecule is O=C1c2cc(C(F)(F)F)ccc2CCN1c1cncc2ccccc12. The van der Waals surface area contributed by atoms with Gasteiger partial charge in [-0.1, -0.05) is 30.3 Å². The zero-order chi connectivity index (χ0) is 17.6. The summed E-state index contributed by atoms with van der Waals surface area (Å²) in [5.41, 5.74) is 0.556. The van der Waals surface area contributed by atoms with Gasteiger partial charge in [-0.05, 0) is 24.1 Å². The summed E-state index contributed by atoms with van der Waals surface area (Å²) in [6, 6.07) is 10.9. The zero-order valence-corrected chi connectivity index (χ0v) is 13.0. The third-order valence-corrected chi connectivity index (χ3v) is 4.46. The number of amides is 1. The molecule has 25 heavy (non-hydrogen) atoms. The summed E-state index contributed by atoms with van der Waals surface area (Å²) in [7, 11) is 0. The van der Waals surface area contributed by atoms with E-state index in [9.17, 15) is 18.0 Å². The van der Waals surface area contributed by atoms with E-state index in [1.165, 1.54) is 11.0 Å². The Labute approximate surface area is 141 Å². The summed E-state index contributed by atoms with van der Waals surface area (Å²) in [6.07, 6.45) is -0.692. The first-order valence-electron chi connectivity index (χ1n) is 7.80. The number of carbonyl (C=O) groups excluding carboxylic acids is 1. The predicted molar refractivity (Wildman–Crippen MR) is 88.6 cm³/mol. The fourth-order valence-electron chi connectivity index (χ4n) is 3.19. The number of rotatable bonds is 1. The fraction of sp³-hybridized carbons (Fsp3) is 0.158. The van der Waals surface area contributed by atoms with Crippen molar-refractivity contribution in [1.29, 1.82) is 0 Å². The van der Waals surface area contributed by atoms with Crippen LogP contribution in [0.4, 0.5) is 18.9 Å². The molecule has 0 atom stereocenters. The van der Waals surface area contributed by atoms with Crippen molar-refractivity contribution in [3.05, 3.63) is 71.5 Å². The minimum absolute atomic E-state index is 0.106. The summed E-state index contributed by atoms with van der Waals surface area (Å²) in [6.45, 7) is 0.410. The van der Waals surface area contributed by atoms with Crippen molar-refractivity contribution in [2.45, 2.75) is 12.6 Å². The minimum atomic E-state index is -4.47. The van der Waals surface area contributed by atoms with Crippen LogP contribution in [-0.4, -0.2) is 17.4 Å². The van der Waals surface area contributed by atoms with E-state index < -0.39 is 17.6 Å². The van der Waals surface area contributed by atoms with Crippen molar-refractivity contribution < 1.29 is 18.0 Å². The van der Waals surface area contributed by atoms with E-state index in [0.717, 1.165) is 22.9 Å². The number of hydrogen-bond donors (Lipinski definition) is 0. The first-order valence-corrected chi connectivity index (χ1v) is 7.80. The van der Waals surface area contributed by atoms with Gasteiger partial charge in [-0.15, -0.1) is 0 Å². The first-order chi connectivity index (χ1) is 11.9. The third-order valence-electron chi connectivity index (χ3n) is 4.46. The molecule has 126 valence electrons. The molecule has 1 aromatic heterocycles. The zero-order valence-electron chi connectivity index (χ0n) is 13.0. The molecule has 0 saturated heterocycles. The summed E-state index contributed by atoms with van der Waals surface area (Å²) in [4.78, 5) is 18.5. The normalized spacial score (nSPS) is 14.7. The molecule has 0 saturated carbocycles. The molecule has 1 aliphatic heterocycles. The van der Waals surface area contributed by atoms with Crippen LogP contribution in [-0.2, 0) is 12.6 Å². The van der Waals surface area contributed by atoms with E-state index in [1.807, 2.05) is 24.3 Å². The lowest BCUT2D eigenvalue weighted by Gasteiger charge is -2.29. The summed E-state index contributed by atoms with van der Waals surface area (Å²) in [5.74, 6) is -0.425. The smallest absolute Gasteiger partial charge is 0.306 e. The molecule has 0 N–H and O–H groups in total. The van der Waals surface area contributed by atoms with Crippen LogP contribution in [0, 0.1) is 0 Å². The standard InChI is InChI=1S/C19H13F3N2O/c20-19(21,22)14-6-5-12-7-8-24(18(25)16(12)9-14)17-11-23-10-13-3-1-2-4-15(13)17/h1-6,9-11H,7-8H2. The van der Waals surface area contributed by atoms with Gasteiger partial charge in [0.05, 0.1) is 17.4 Å². The summed E-state index contributed by atoms with van der Waals surface area (Å²) >= 11 is 0. The highest BCUT2D eigenvalue weighted by atomic mass is 19.4. The Balaban J connectivity index is 1.81. The Morgan fingerprint density at radius 3 is 2.64 bits per heavy atom. The number of fused-ring (bicyclic) bond motifs is 2. The van der Waals surface area contributed by atoms with Crippen LogP contribution < -0.4 is 4.90 Å². The molecule has 0 spiro atoms. The van der Waals surface area contributed by atoms with Crippen molar-refractivity contribution in [3.63, 3.8) is 0 Å². The second-order valence-electron chi connectivity index (χ2n) is 5.96. The molecule has 3 aromatic rings. The molecule has 4 rings (SSSR count). The number of pyridine rings is 1. The number of benzene rings is 2. The highest BCUT2D eigenvalue weighted by Crippen LogP contribution is 2.34. The quantitative estimate of drug-likeness (QED) is 0.654. The highest BCUT2D eigenvalue weighted by molar-refractivity contribution is 6.12. The minimum Gasteiger partial charge on any atom is -0.306 e. The number of nitrogens with zero attached hydrogens (tertiary/aromatic N) is 2. The fourth-order valence-corrected chi connectivity index (χ4v) is 3.19. The van der Waals surface area contributed by atoms with E-state index in [2.05, 4.69) is 4.98 Å². The van der Waals surface area contributed by atoms with Crippen molar-refractivity contribution in [2.75, 3.05) is 11.4 Å². The summed E-state index contributed by atoms with van der Waals surface area (Å²) in [5, 5.41) is 1.73. The number of aromatic nitrogens is 1. The molecule has 1 amide bonds. The van der Waals surface area contributed by atoms with Crippen molar-refractivity contribution in [2.24, 2.45) is 0 Å². The lowest BCUT2D eigenvalue weighted by atomic mass is 9.95. The topological polar surface area (TPSA) is 33.2 Å². The van der Waals surface area contributed by atoms with Crippen LogP contribution in [0.15, 0.2) is 54.9 Å². The second-order valence-corrected chi connectivity index (χ2v) is 5.96. The average Bonchev–Trinajstić information content (AvgIpc) is 2.61. The van der Waals surface area contributed by atoms with E-state index in [4.69, 9.17) is 0 Å². The van der Waals surface area contributed by atoms with Gasteiger partial charge in [0.25, 0.3) is 5.91 Å². The van der Waals surface area contributed by atoms with Crippen molar-refractivity contribution in [3.8, 4) is 0 Å². The number of anilines is 1. The van der Waals surface area contributed by atoms with Gasteiger partial charge in [0.1, 0.15) is 0 Å². The molecular formula is C19H13F3N2O. The Morgan fingerprint density at radius 1 is 1.04 bits per heavy atom. The van der Waals surface area contributed by atoms with Gasteiger partial charge in [0.15, 0.2) is 0 Å². The van der Waals surface area contributed by atoms with Crippen molar-refractivity contribution in [1.82, 2.24) is 4.98 Å². The molecule has 0 unspecified atom stereocenters. The number of alkyl halides is 3. The molecule has 2 heterocycles. The lowest BCUT2D eigenvalue weighted by molar-refractivity contribution is -0.137. The summed E-state index contributed by atoms with van der Waals surface area (Å²) < 4.78 is 38.9. The van der Waals surface area contributed by atoms with E-state index >= 15 is 0 Å². The molecule has 0 fully saturated rings. The van der Waals surface area contributed by atoms with Gasteiger partial charge in [0, 0.05) is 29.1 Å². The number of hydrogen-bond acceptors (Lipinski definition) is 2. The lowest BCUT2D eigenvalue weighted by Crippen LogP contribution is -2.38. The van der Waals surface area contributed by atoms with Gasteiger partial charge in [-0.2, -0.15) is 13.2 Å². The van der Waals surface area contributed by atoms with Crippen molar-refractivity contribution >= 4 is 22.4 Å². The molecule has 0 aliphatic carbocycles. The predicted octanol–water partition coefficient (Wildman–Crippen LogP) is 4.46. The van der Waals surface area contributed by atoms with Crippen LogP contribution in [0.3, 0.4) is 0 Å². The first kappa shape index (κ1) is 15.6. The molecule has 2 aromatic carbocycles. The van der Waals surface area contributed by atoms with Gasteiger partial charge < -0.3 is 4.90 Å². The maximum atomic E-state index is 13.0.